The van der Waals surface area contributed by atoms with Gasteiger partial charge < -0.3 is 9.97 Å². The average molecular weight is 382 g/mol. The van der Waals surface area contributed by atoms with Crippen LogP contribution in [-0.4, -0.2) is 23.4 Å². The fraction of sp³-hybridized carbons (Fsp3) is 0.0556. The van der Waals surface area contributed by atoms with Crippen molar-refractivity contribution in [3.05, 3.63) is 74.9 Å². The first-order valence-electron chi connectivity index (χ1n) is 7.99. The molecule has 2 aromatic carbocycles. The van der Waals surface area contributed by atoms with Gasteiger partial charge in [0.25, 0.3) is 10.0 Å². The van der Waals surface area contributed by atoms with Gasteiger partial charge in [0, 0.05) is 11.1 Å². The highest BCUT2D eigenvalue weighted by atomic mass is 32.2. The summed E-state index contributed by atoms with van der Waals surface area (Å²) in [6, 6.07) is 12.9. The summed E-state index contributed by atoms with van der Waals surface area (Å²) in [5.41, 5.74) is 0.674. The van der Waals surface area contributed by atoms with Gasteiger partial charge >= 0.3 is 11.1 Å². The van der Waals surface area contributed by atoms with Crippen LogP contribution in [0.5, 0.6) is 0 Å². The first kappa shape index (κ1) is 17.0. The molecule has 0 aliphatic heterocycles. The van der Waals surface area contributed by atoms with Crippen molar-refractivity contribution in [2.24, 2.45) is 0 Å². The molecule has 0 amide bonds. The van der Waals surface area contributed by atoms with Gasteiger partial charge in [0.15, 0.2) is 0 Å². The molecule has 3 N–H and O–H groups in total. The Morgan fingerprint density at radius 3 is 2.41 bits per heavy atom. The smallest absolute Gasteiger partial charge is 0.314 e. The van der Waals surface area contributed by atoms with Crippen LogP contribution < -0.4 is 15.8 Å². The Bertz CT molecular complexity index is 1420. The fourth-order valence-corrected chi connectivity index (χ4v) is 3.95. The third kappa shape index (κ3) is 3.08. The van der Waals surface area contributed by atoms with Crippen molar-refractivity contribution in [3.8, 4) is 0 Å². The predicted molar refractivity (Wildman–Crippen MR) is 102 cm³/mol. The van der Waals surface area contributed by atoms with Gasteiger partial charge in [0.2, 0.25) is 0 Å². The maximum Gasteiger partial charge on any atom is 0.314 e. The second kappa shape index (κ2) is 6.06. The van der Waals surface area contributed by atoms with Crippen LogP contribution in [0, 0.1) is 6.92 Å². The standard InChI is InChI=1S/C18H14N4O4S/c1-10-8-15(12-4-2-3-5-13(12)19-10)22-27(25,26)11-6-7-14-16(9-11)21-18(24)17(23)20-14/h2-9H,1H3,(H,19,22)(H,20,23)(H,21,24). The van der Waals surface area contributed by atoms with Crippen LogP contribution in [0.15, 0.2) is 63.0 Å². The second-order valence-corrected chi connectivity index (χ2v) is 7.73. The number of hydrogen-bond donors (Lipinski definition) is 3. The minimum Gasteiger partial charge on any atom is -0.316 e. The van der Waals surface area contributed by atoms with E-state index in [0.29, 0.717) is 27.8 Å². The van der Waals surface area contributed by atoms with Crippen LogP contribution in [-0.2, 0) is 10.0 Å². The molecule has 0 aliphatic carbocycles. The topological polar surface area (TPSA) is 125 Å². The maximum atomic E-state index is 12.9. The molecular weight excluding hydrogens is 368 g/mol. The number of H-pyrrole nitrogens is 2. The molecule has 2 aromatic heterocycles. The number of hydrogen-bond acceptors (Lipinski definition) is 5. The molecule has 0 saturated carbocycles. The van der Waals surface area contributed by atoms with Crippen LogP contribution in [0.1, 0.15) is 5.69 Å². The van der Waals surface area contributed by atoms with Crippen molar-refractivity contribution >= 4 is 37.6 Å². The van der Waals surface area contributed by atoms with Crippen LogP contribution in [0.4, 0.5) is 5.69 Å². The van der Waals surface area contributed by atoms with E-state index in [2.05, 4.69) is 19.7 Å². The molecule has 8 nitrogen and oxygen atoms in total. The number of rotatable bonds is 3. The number of aromatic amines is 2. The van der Waals surface area contributed by atoms with E-state index in [1.54, 1.807) is 31.2 Å². The SMILES string of the molecule is Cc1cc(NS(=O)(=O)c2ccc3[nH]c(=O)c(=O)[nH]c3c2)c2ccccc2n1. The summed E-state index contributed by atoms with van der Waals surface area (Å²) in [5, 5.41) is 0.671. The number of sulfonamides is 1. The van der Waals surface area contributed by atoms with Crippen LogP contribution in [0.3, 0.4) is 0 Å². The number of anilines is 1. The summed E-state index contributed by atoms with van der Waals surface area (Å²) in [5.74, 6) is 0. The molecule has 4 aromatic rings. The van der Waals surface area contributed by atoms with Crippen molar-refractivity contribution in [1.82, 2.24) is 15.0 Å². The molecule has 27 heavy (non-hydrogen) atoms. The normalized spacial score (nSPS) is 11.7. The lowest BCUT2D eigenvalue weighted by atomic mass is 10.2. The van der Waals surface area contributed by atoms with Gasteiger partial charge in [-0.15, -0.1) is 0 Å². The molecule has 2 heterocycles. The Morgan fingerprint density at radius 2 is 1.63 bits per heavy atom. The molecule has 0 unspecified atom stereocenters. The van der Waals surface area contributed by atoms with Gasteiger partial charge in [-0.25, -0.2) is 8.42 Å². The molecule has 0 radical (unpaired) electrons. The Labute approximate surface area is 153 Å². The Kier molecular flexibility index (Phi) is 3.81. The Balaban J connectivity index is 1.83. The number of fused-ring (bicyclic) bond motifs is 2. The number of nitrogens with zero attached hydrogens (tertiary/aromatic N) is 1. The number of benzene rings is 2. The van der Waals surface area contributed by atoms with Crippen LogP contribution in [0.2, 0.25) is 0 Å². The van der Waals surface area contributed by atoms with Crippen LogP contribution in [0.25, 0.3) is 21.9 Å². The average Bonchev–Trinajstić information content (AvgIpc) is 2.62. The number of aryl methyl sites for hydroxylation is 1. The van der Waals surface area contributed by atoms with Gasteiger partial charge in [-0.3, -0.25) is 19.3 Å². The summed E-state index contributed by atoms with van der Waals surface area (Å²) in [6.07, 6.45) is 0. The van der Waals surface area contributed by atoms with Gasteiger partial charge in [0.1, 0.15) is 0 Å². The van der Waals surface area contributed by atoms with E-state index in [1.807, 2.05) is 6.07 Å². The zero-order chi connectivity index (χ0) is 19.2. The molecule has 0 spiro atoms. The van der Waals surface area contributed by atoms with E-state index in [-0.39, 0.29) is 10.4 Å². The third-order valence-electron chi connectivity index (χ3n) is 4.09. The first-order chi connectivity index (χ1) is 12.8. The van der Waals surface area contributed by atoms with E-state index in [1.165, 1.54) is 18.2 Å². The number of aromatic nitrogens is 3. The second-order valence-electron chi connectivity index (χ2n) is 6.05. The third-order valence-corrected chi connectivity index (χ3v) is 5.46. The van der Waals surface area contributed by atoms with Crippen molar-refractivity contribution in [3.63, 3.8) is 0 Å². The molecule has 0 saturated heterocycles. The summed E-state index contributed by atoms with van der Waals surface area (Å²) in [6.45, 7) is 1.78. The zero-order valence-electron chi connectivity index (χ0n) is 14.1. The molecule has 4 rings (SSSR count). The van der Waals surface area contributed by atoms with Gasteiger partial charge in [0.05, 0.1) is 27.1 Å². The highest BCUT2D eigenvalue weighted by Crippen LogP contribution is 2.26. The lowest BCUT2D eigenvalue weighted by Crippen LogP contribution is -2.29. The molecule has 0 fully saturated rings. The van der Waals surface area contributed by atoms with E-state index in [0.717, 1.165) is 0 Å². The largest absolute Gasteiger partial charge is 0.316 e. The van der Waals surface area contributed by atoms with E-state index >= 15 is 0 Å². The molecule has 136 valence electrons. The van der Waals surface area contributed by atoms with Crippen molar-refractivity contribution in [1.29, 1.82) is 0 Å². The lowest BCUT2D eigenvalue weighted by Gasteiger charge is -2.12. The summed E-state index contributed by atoms with van der Waals surface area (Å²) >= 11 is 0. The number of pyridine rings is 1. The van der Waals surface area contributed by atoms with Crippen LogP contribution >= 0.6 is 0 Å². The highest BCUT2D eigenvalue weighted by molar-refractivity contribution is 7.92. The molecule has 0 bridgehead atoms. The zero-order valence-corrected chi connectivity index (χ0v) is 14.9. The summed E-state index contributed by atoms with van der Waals surface area (Å²) < 4.78 is 28.3. The minimum atomic E-state index is -3.93. The van der Waals surface area contributed by atoms with Gasteiger partial charge in [-0.05, 0) is 37.3 Å². The molecular formula is C18H14N4O4S. The Hall–Kier alpha value is -3.46. The predicted octanol–water partition coefficient (Wildman–Crippen LogP) is 1.87. The van der Waals surface area contributed by atoms with Crippen molar-refractivity contribution in [2.45, 2.75) is 11.8 Å². The number of para-hydroxylation sites is 1. The number of nitrogens with one attached hydrogen (secondary N) is 3. The molecule has 0 aliphatic rings. The molecule has 0 atom stereocenters. The van der Waals surface area contributed by atoms with E-state index in [4.69, 9.17) is 0 Å². The van der Waals surface area contributed by atoms with Crippen molar-refractivity contribution < 1.29 is 8.42 Å². The van der Waals surface area contributed by atoms with Crippen molar-refractivity contribution in [2.75, 3.05) is 4.72 Å². The molecule has 9 heteroatoms. The quantitative estimate of drug-likeness (QED) is 0.467. The monoisotopic (exact) mass is 382 g/mol. The lowest BCUT2D eigenvalue weighted by molar-refractivity contribution is 0.601. The van der Waals surface area contributed by atoms with Gasteiger partial charge in [-0.2, -0.15) is 0 Å². The minimum absolute atomic E-state index is 0.0451. The fourth-order valence-electron chi connectivity index (χ4n) is 2.86. The summed E-state index contributed by atoms with van der Waals surface area (Å²) in [4.78, 5) is 32.0. The van der Waals surface area contributed by atoms with Gasteiger partial charge in [-0.1, -0.05) is 18.2 Å². The Morgan fingerprint density at radius 1 is 0.926 bits per heavy atom. The summed E-state index contributed by atoms with van der Waals surface area (Å²) in [7, 11) is -3.93. The first-order valence-corrected chi connectivity index (χ1v) is 9.47. The maximum absolute atomic E-state index is 12.9. The van der Waals surface area contributed by atoms with E-state index in [9.17, 15) is 18.0 Å². The van der Waals surface area contributed by atoms with E-state index < -0.39 is 21.1 Å². The highest BCUT2D eigenvalue weighted by Gasteiger charge is 2.17.